The minimum absolute atomic E-state index is 0.482. The van der Waals surface area contributed by atoms with E-state index >= 15 is 0 Å². The Bertz CT molecular complexity index is 640. The number of carbonyl (C=O) groups excluding carboxylic acids is 1. The van der Waals surface area contributed by atoms with Crippen molar-refractivity contribution in [1.82, 2.24) is 0 Å². The lowest BCUT2D eigenvalue weighted by atomic mass is 9.99. The summed E-state index contributed by atoms with van der Waals surface area (Å²) >= 11 is 0. The highest BCUT2D eigenvalue weighted by molar-refractivity contribution is 7.21. The van der Waals surface area contributed by atoms with Crippen LogP contribution >= 0.6 is 0 Å². The average molecular weight is 351 g/mol. The first-order chi connectivity index (χ1) is 12.1. The largest absolute Gasteiger partial charge is 0.305 e. The van der Waals surface area contributed by atoms with Gasteiger partial charge < -0.3 is 4.79 Å². The van der Waals surface area contributed by atoms with Crippen LogP contribution in [0.1, 0.15) is 45.4 Å². The minimum atomic E-state index is -2.33. The molecule has 0 aliphatic heterocycles. The average Bonchev–Trinajstić information content (AvgIpc) is 3.07. The molecule has 0 N–H and O–H groups in total. The summed E-state index contributed by atoms with van der Waals surface area (Å²) in [6, 6.07) is 20.9. The zero-order valence-electron chi connectivity index (χ0n) is 15.6. The van der Waals surface area contributed by atoms with Crippen LogP contribution in [0.5, 0.6) is 0 Å². The van der Waals surface area contributed by atoms with Gasteiger partial charge in [-0.2, -0.15) is 0 Å². The van der Waals surface area contributed by atoms with Crippen LogP contribution in [0, 0.1) is 11.8 Å². The Balaban J connectivity index is 1.74. The molecule has 0 spiro atoms. The molecule has 1 nitrogen and oxygen atoms in total. The summed E-state index contributed by atoms with van der Waals surface area (Å²) in [7, 11) is -2.33. The van der Waals surface area contributed by atoms with Crippen LogP contribution in [0.15, 0.2) is 60.7 Å². The summed E-state index contributed by atoms with van der Waals surface area (Å²) in [5, 5.41) is 2.96. The van der Waals surface area contributed by atoms with Crippen molar-refractivity contribution in [3.05, 3.63) is 60.7 Å². The Labute approximate surface area is 153 Å². The molecular formula is C23H30OSi. The van der Waals surface area contributed by atoms with Gasteiger partial charge in [0.25, 0.3) is 0 Å². The van der Waals surface area contributed by atoms with Gasteiger partial charge in [0.1, 0.15) is 5.41 Å². The predicted molar refractivity (Wildman–Crippen MR) is 109 cm³/mol. The molecule has 1 saturated carbocycles. The third-order valence-corrected chi connectivity index (χ3v) is 10.4. The topological polar surface area (TPSA) is 17.1 Å². The van der Waals surface area contributed by atoms with E-state index < -0.39 is 8.07 Å². The van der Waals surface area contributed by atoms with Crippen molar-refractivity contribution in [2.75, 3.05) is 0 Å². The van der Waals surface area contributed by atoms with Crippen molar-refractivity contribution in [1.29, 1.82) is 0 Å². The lowest BCUT2D eigenvalue weighted by Gasteiger charge is -2.27. The quantitative estimate of drug-likeness (QED) is 0.667. The number of hydrogen-bond donors (Lipinski definition) is 0. The van der Waals surface area contributed by atoms with Crippen LogP contribution < -0.4 is 10.4 Å². The Morgan fingerprint density at radius 1 is 0.960 bits per heavy atom. The highest BCUT2D eigenvalue weighted by Gasteiger charge is 2.39. The summed E-state index contributed by atoms with van der Waals surface area (Å²) in [5.74, 6) is 1.73. The van der Waals surface area contributed by atoms with Gasteiger partial charge in [-0.1, -0.05) is 93.4 Å². The second kappa shape index (κ2) is 8.14. The van der Waals surface area contributed by atoms with E-state index in [1.807, 2.05) is 12.1 Å². The van der Waals surface area contributed by atoms with E-state index in [0.29, 0.717) is 5.41 Å². The van der Waals surface area contributed by atoms with Crippen LogP contribution in [0.3, 0.4) is 0 Å². The molecule has 0 unspecified atom stereocenters. The van der Waals surface area contributed by atoms with E-state index in [0.717, 1.165) is 24.7 Å². The number of hydrogen-bond acceptors (Lipinski definition) is 1. The SMILES string of the molecule is C[C@H]1CC[C@H](CCCC(=O)[Si](C)(c2ccccc2)c2ccccc2)C1. The Morgan fingerprint density at radius 3 is 2.00 bits per heavy atom. The molecule has 0 aromatic heterocycles. The number of benzene rings is 2. The predicted octanol–water partition coefficient (Wildman–Crippen LogP) is 4.59. The van der Waals surface area contributed by atoms with Gasteiger partial charge in [-0.15, -0.1) is 0 Å². The van der Waals surface area contributed by atoms with Gasteiger partial charge in [0, 0.05) is 6.42 Å². The highest BCUT2D eigenvalue weighted by Crippen LogP contribution is 2.33. The summed E-state index contributed by atoms with van der Waals surface area (Å²) in [4.78, 5) is 13.4. The maximum Gasteiger partial charge on any atom is 0.190 e. The maximum atomic E-state index is 13.4. The van der Waals surface area contributed by atoms with Crippen molar-refractivity contribution in [2.45, 2.75) is 52.0 Å². The molecule has 2 aromatic carbocycles. The fourth-order valence-corrected chi connectivity index (χ4v) is 7.79. The van der Waals surface area contributed by atoms with Crippen LogP contribution in [0.25, 0.3) is 0 Å². The molecule has 0 saturated heterocycles. The van der Waals surface area contributed by atoms with Crippen molar-refractivity contribution in [2.24, 2.45) is 11.8 Å². The first-order valence-electron chi connectivity index (χ1n) is 9.75. The molecule has 2 aromatic rings. The number of carbonyl (C=O) groups is 1. The molecule has 2 heteroatoms. The summed E-state index contributed by atoms with van der Waals surface area (Å²) in [6.07, 6.45) is 7.11. The van der Waals surface area contributed by atoms with Gasteiger partial charge >= 0.3 is 0 Å². The molecule has 0 bridgehead atoms. The van der Waals surface area contributed by atoms with Gasteiger partial charge in [0.2, 0.25) is 0 Å². The second-order valence-electron chi connectivity index (χ2n) is 7.96. The first kappa shape index (κ1) is 18.1. The third-order valence-electron chi connectivity index (χ3n) is 6.08. The van der Waals surface area contributed by atoms with Crippen LogP contribution in [0.4, 0.5) is 0 Å². The van der Waals surface area contributed by atoms with E-state index in [1.165, 1.54) is 36.1 Å². The van der Waals surface area contributed by atoms with Crippen molar-refractivity contribution < 1.29 is 4.79 Å². The fraction of sp³-hybridized carbons (Fsp3) is 0.435. The van der Waals surface area contributed by atoms with E-state index in [2.05, 4.69) is 62.0 Å². The first-order valence-corrected chi connectivity index (χ1v) is 12.2. The molecular weight excluding hydrogens is 320 g/mol. The van der Waals surface area contributed by atoms with Gasteiger partial charge in [0.05, 0.1) is 0 Å². The summed E-state index contributed by atoms with van der Waals surface area (Å²) in [6.45, 7) is 4.59. The molecule has 1 fully saturated rings. The second-order valence-corrected chi connectivity index (χ2v) is 11.9. The zero-order chi connectivity index (χ0) is 17.7. The maximum absolute atomic E-state index is 13.4. The van der Waals surface area contributed by atoms with E-state index in [1.54, 1.807) is 0 Å². The monoisotopic (exact) mass is 350 g/mol. The molecule has 0 heterocycles. The normalized spacial score (nSPS) is 20.6. The van der Waals surface area contributed by atoms with Crippen LogP contribution in [0.2, 0.25) is 6.55 Å². The van der Waals surface area contributed by atoms with Gasteiger partial charge in [0.15, 0.2) is 8.07 Å². The molecule has 1 aliphatic carbocycles. The van der Waals surface area contributed by atoms with Crippen LogP contribution in [-0.4, -0.2) is 13.5 Å². The third kappa shape index (κ3) is 4.12. The highest BCUT2D eigenvalue weighted by atomic mass is 28.3. The van der Waals surface area contributed by atoms with Gasteiger partial charge in [-0.25, -0.2) is 0 Å². The zero-order valence-corrected chi connectivity index (χ0v) is 16.6. The van der Waals surface area contributed by atoms with Gasteiger partial charge in [-0.05, 0) is 35.1 Å². The lowest BCUT2D eigenvalue weighted by Crippen LogP contribution is -2.62. The van der Waals surface area contributed by atoms with E-state index in [4.69, 9.17) is 0 Å². The van der Waals surface area contributed by atoms with E-state index in [9.17, 15) is 4.79 Å². The molecule has 3 rings (SSSR count). The number of rotatable bonds is 7. The molecule has 1 aliphatic rings. The smallest absolute Gasteiger partial charge is 0.190 e. The minimum Gasteiger partial charge on any atom is -0.305 e. The molecule has 0 radical (unpaired) electrons. The van der Waals surface area contributed by atoms with Gasteiger partial charge in [-0.3, -0.25) is 0 Å². The Morgan fingerprint density at radius 2 is 1.52 bits per heavy atom. The van der Waals surface area contributed by atoms with Crippen LogP contribution in [-0.2, 0) is 4.79 Å². The summed E-state index contributed by atoms with van der Waals surface area (Å²) < 4.78 is 0. The van der Waals surface area contributed by atoms with E-state index in [-0.39, 0.29) is 0 Å². The Kier molecular flexibility index (Phi) is 5.90. The molecule has 25 heavy (non-hydrogen) atoms. The van der Waals surface area contributed by atoms with Crippen molar-refractivity contribution in [3.63, 3.8) is 0 Å². The fourth-order valence-electron chi connectivity index (χ4n) is 4.42. The molecule has 2 atom stereocenters. The molecule has 132 valence electrons. The molecule has 0 amide bonds. The van der Waals surface area contributed by atoms with Crippen molar-refractivity contribution >= 4 is 23.9 Å². The van der Waals surface area contributed by atoms with Crippen molar-refractivity contribution in [3.8, 4) is 0 Å². The Hall–Kier alpha value is -1.67. The lowest BCUT2D eigenvalue weighted by molar-refractivity contribution is -0.112. The standard InChI is InChI=1S/C23H30OSi/c1-19-16-17-20(18-19)10-9-15-23(24)25(2,21-11-5-3-6-12-21)22-13-7-4-8-14-22/h3-8,11-14,19-20H,9-10,15-18H2,1-2H3/t19-,20-/m0/s1. The summed E-state index contributed by atoms with van der Waals surface area (Å²) in [5.41, 5.74) is 0.